The summed E-state index contributed by atoms with van der Waals surface area (Å²) in [6, 6.07) is 11.2. The van der Waals surface area contributed by atoms with Crippen molar-refractivity contribution in [1.29, 1.82) is 0 Å². The van der Waals surface area contributed by atoms with Gasteiger partial charge in [0.1, 0.15) is 0 Å². The average molecular weight is 385 g/mol. The number of nitrogens with zero attached hydrogens (tertiary/aromatic N) is 3. The predicted molar refractivity (Wildman–Crippen MR) is 110 cm³/mol. The largest absolute Gasteiger partial charge is 0.383 e. The lowest BCUT2D eigenvalue weighted by molar-refractivity contribution is 0.174. The Morgan fingerprint density at radius 1 is 1.19 bits per heavy atom. The Hall–Kier alpha value is -1.92. The van der Waals surface area contributed by atoms with E-state index in [1.54, 1.807) is 7.11 Å². The Bertz CT molecular complexity index is 757. The van der Waals surface area contributed by atoms with Crippen molar-refractivity contribution < 1.29 is 4.74 Å². The molecule has 27 heavy (non-hydrogen) atoms. The molecule has 144 valence electrons. The van der Waals surface area contributed by atoms with Crippen molar-refractivity contribution in [3.05, 3.63) is 54.1 Å². The minimum atomic E-state index is 0.0665. The molecule has 0 aromatic carbocycles. The van der Waals surface area contributed by atoms with Gasteiger partial charge in [-0.05, 0) is 49.3 Å². The molecule has 1 saturated carbocycles. The summed E-state index contributed by atoms with van der Waals surface area (Å²) in [5, 5.41) is 4.45. The fraction of sp³-hybridized carbons (Fsp3) is 0.524. The van der Waals surface area contributed by atoms with Crippen molar-refractivity contribution in [1.82, 2.24) is 19.8 Å². The quantitative estimate of drug-likeness (QED) is 0.767. The van der Waals surface area contributed by atoms with Crippen LogP contribution < -0.4 is 5.32 Å². The van der Waals surface area contributed by atoms with Gasteiger partial charge in [0.2, 0.25) is 0 Å². The molecule has 2 aromatic heterocycles. The van der Waals surface area contributed by atoms with Gasteiger partial charge in [-0.3, -0.25) is 4.98 Å². The van der Waals surface area contributed by atoms with Crippen LogP contribution in [0.2, 0.25) is 0 Å². The lowest BCUT2D eigenvalue weighted by Gasteiger charge is -2.37. The Balaban J connectivity index is 1.72. The third-order valence-electron chi connectivity index (χ3n) is 5.81. The highest BCUT2D eigenvalue weighted by Gasteiger charge is 2.44. The zero-order valence-corrected chi connectivity index (χ0v) is 16.7. The van der Waals surface area contributed by atoms with E-state index in [1.165, 1.54) is 37.8 Å². The normalized spacial score (nSPS) is 23.6. The molecule has 0 radical (unpaired) electrons. The monoisotopic (exact) mass is 384 g/mol. The maximum atomic E-state index is 5.83. The molecule has 2 aliphatic rings. The second-order valence-corrected chi connectivity index (χ2v) is 7.83. The van der Waals surface area contributed by atoms with E-state index in [1.807, 2.05) is 12.3 Å². The van der Waals surface area contributed by atoms with Gasteiger partial charge in [-0.15, -0.1) is 0 Å². The highest BCUT2D eigenvalue weighted by atomic mass is 32.1. The van der Waals surface area contributed by atoms with Crippen LogP contribution in [0.5, 0.6) is 0 Å². The minimum Gasteiger partial charge on any atom is -0.383 e. The van der Waals surface area contributed by atoms with Gasteiger partial charge in [0.15, 0.2) is 5.11 Å². The molecule has 0 unspecified atom stereocenters. The summed E-state index contributed by atoms with van der Waals surface area (Å²) in [5.41, 5.74) is 2.32. The second-order valence-electron chi connectivity index (χ2n) is 7.44. The van der Waals surface area contributed by atoms with Crippen molar-refractivity contribution in [3.8, 4) is 0 Å². The Morgan fingerprint density at radius 2 is 2.04 bits per heavy atom. The molecule has 1 N–H and O–H groups in total. The van der Waals surface area contributed by atoms with Gasteiger partial charge in [-0.1, -0.05) is 25.3 Å². The summed E-state index contributed by atoms with van der Waals surface area (Å²) in [4.78, 5) is 7.11. The van der Waals surface area contributed by atoms with Crippen molar-refractivity contribution in [2.45, 2.75) is 56.8 Å². The fourth-order valence-corrected chi connectivity index (χ4v) is 4.91. The highest BCUT2D eigenvalue weighted by molar-refractivity contribution is 7.80. The molecule has 2 fully saturated rings. The fourth-order valence-electron chi connectivity index (χ4n) is 4.52. The zero-order chi connectivity index (χ0) is 18.6. The van der Waals surface area contributed by atoms with Gasteiger partial charge >= 0.3 is 0 Å². The summed E-state index contributed by atoms with van der Waals surface area (Å²) in [5.74, 6) is 0. The highest BCUT2D eigenvalue weighted by Crippen LogP contribution is 2.42. The number of thiocarbonyl (C=S) groups is 1. The molecule has 2 aromatic rings. The lowest BCUT2D eigenvalue weighted by Crippen LogP contribution is -2.41. The number of hydrogen-bond acceptors (Lipinski definition) is 3. The molecule has 2 atom stereocenters. The number of nitrogens with one attached hydrogen (secondary N) is 1. The van der Waals surface area contributed by atoms with E-state index in [2.05, 4.69) is 50.2 Å². The van der Waals surface area contributed by atoms with Gasteiger partial charge in [0, 0.05) is 37.8 Å². The van der Waals surface area contributed by atoms with E-state index in [4.69, 9.17) is 17.0 Å². The van der Waals surface area contributed by atoms with E-state index >= 15 is 0 Å². The molecule has 0 spiro atoms. The summed E-state index contributed by atoms with van der Waals surface area (Å²) >= 11 is 5.83. The summed E-state index contributed by atoms with van der Waals surface area (Å²) in [7, 11) is 1.75. The first kappa shape index (κ1) is 18.4. The van der Waals surface area contributed by atoms with Crippen molar-refractivity contribution in [3.63, 3.8) is 0 Å². The Labute approximate surface area is 166 Å². The molecular formula is C21H28N4OS. The van der Waals surface area contributed by atoms with E-state index in [0.717, 1.165) is 17.4 Å². The first-order valence-corrected chi connectivity index (χ1v) is 10.3. The van der Waals surface area contributed by atoms with Crippen LogP contribution in [0.4, 0.5) is 0 Å². The molecule has 0 bridgehead atoms. The van der Waals surface area contributed by atoms with Gasteiger partial charge in [-0.2, -0.15) is 0 Å². The molecule has 6 heteroatoms. The number of rotatable bonds is 6. The maximum absolute atomic E-state index is 5.83. The number of pyridine rings is 1. The minimum absolute atomic E-state index is 0.0665. The number of methoxy groups -OCH3 is 1. The van der Waals surface area contributed by atoms with E-state index in [9.17, 15) is 0 Å². The second kappa shape index (κ2) is 8.40. The van der Waals surface area contributed by atoms with E-state index < -0.39 is 0 Å². The van der Waals surface area contributed by atoms with Crippen LogP contribution in [0.1, 0.15) is 55.6 Å². The van der Waals surface area contributed by atoms with Crippen LogP contribution >= 0.6 is 12.2 Å². The third kappa shape index (κ3) is 3.73. The van der Waals surface area contributed by atoms with Crippen LogP contribution in [0.3, 0.4) is 0 Å². The smallest absolute Gasteiger partial charge is 0.170 e. The van der Waals surface area contributed by atoms with Crippen LogP contribution in [-0.4, -0.2) is 39.3 Å². The molecule has 1 aliphatic heterocycles. The number of aromatic nitrogens is 2. The maximum Gasteiger partial charge on any atom is 0.170 e. The summed E-state index contributed by atoms with van der Waals surface area (Å²) in [6.45, 7) is 1.54. The Kier molecular flexibility index (Phi) is 5.74. The molecule has 4 rings (SSSR count). The molecule has 1 saturated heterocycles. The number of ether oxygens (including phenoxy) is 1. The SMILES string of the molecule is COCCn1cccc1[C@@H]1[C@@H](c2ccccn2)NC(=S)N1C1CCCCC1. The van der Waals surface area contributed by atoms with Crippen molar-refractivity contribution in [2.75, 3.05) is 13.7 Å². The van der Waals surface area contributed by atoms with E-state index in [-0.39, 0.29) is 12.1 Å². The molecule has 0 amide bonds. The molecule has 1 aliphatic carbocycles. The third-order valence-corrected chi connectivity index (χ3v) is 6.14. The molecule has 3 heterocycles. The Morgan fingerprint density at radius 3 is 2.78 bits per heavy atom. The standard InChI is InChI=1S/C21H28N4OS/c1-26-15-14-24-13-7-11-18(24)20-19(17-10-5-6-12-22-17)23-21(27)25(20)16-8-3-2-4-9-16/h5-7,10-13,16,19-20H,2-4,8-9,14-15H2,1H3,(H,23,27)/t19-,20-/m1/s1. The lowest BCUT2D eigenvalue weighted by atomic mass is 9.92. The van der Waals surface area contributed by atoms with Crippen LogP contribution in [-0.2, 0) is 11.3 Å². The van der Waals surface area contributed by atoms with E-state index in [0.29, 0.717) is 12.6 Å². The first-order chi connectivity index (χ1) is 13.3. The van der Waals surface area contributed by atoms with Crippen molar-refractivity contribution in [2.24, 2.45) is 0 Å². The summed E-state index contributed by atoms with van der Waals surface area (Å²) in [6.07, 6.45) is 10.3. The van der Waals surface area contributed by atoms with Gasteiger partial charge in [-0.25, -0.2) is 0 Å². The van der Waals surface area contributed by atoms with Gasteiger partial charge in [0.25, 0.3) is 0 Å². The predicted octanol–water partition coefficient (Wildman–Crippen LogP) is 3.83. The molecular weight excluding hydrogens is 356 g/mol. The number of hydrogen-bond donors (Lipinski definition) is 1. The first-order valence-electron chi connectivity index (χ1n) is 9.93. The average Bonchev–Trinajstić information content (AvgIpc) is 3.31. The van der Waals surface area contributed by atoms with Gasteiger partial charge < -0.3 is 19.5 Å². The van der Waals surface area contributed by atoms with Crippen LogP contribution in [0.15, 0.2) is 42.7 Å². The molecule has 5 nitrogen and oxygen atoms in total. The van der Waals surface area contributed by atoms with Gasteiger partial charge in [0.05, 0.1) is 24.4 Å². The summed E-state index contributed by atoms with van der Waals surface area (Å²) < 4.78 is 7.62. The topological polar surface area (TPSA) is 42.3 Å². The van der Waals surface area contributed by atoms with Crippen LogP contribution in [0, 0.1) is 0 Å². The van der Waals surface area contributed by atoms with Crippen LogP contribution in [0.25, 0.3) is 0 Å². The van der Waals surface area contributed by atoms with Crippen molar-refractivity contribution >= 4 is 17.3 Å². The zero-order valence-electron chi connectivity index (χ0n) is 15.9.